The Kier molecular flexibility index (Phi) is 12.7. The number of hydrogen-bond acceptors (Lipinski definition) is 7. The normalized spacial score (nSPS) is 20.4. The van der Waals surface area contributed by atoms with Crippen molar-refractivity contribution in [2.24, 2.45) is 5.92 Å². The number of ether oxygens (including phenoxy) is 3. The zero-order valence-electron chi connectivity index (χ0n) is 25.7. The Balaban J connectivity index is 1.54. The van der Waals surface area contributed by atoms with Crippen LogP contribution in [0.15, 0.2) is 42.5 Å². The largest absolute Gasteiger partial charge is 0.467 e. The van der Waals surface area contributed by atoms with E-state index < -0.39 is 12.0 Å². The number of likely N-dealkylation sites (tertiary alicyclic amines) is 1. The van der Waals surface area contributed by atoms with E-state index in [-0.39, 0.29) is 18.1 Å². The van der Waals surface area contributed by atoms with Gasteiger partial charge in [-0.1, -0.05) is 49.6 Å². The molecule has 2 aromatic carbocycles. The molecule has 42 heavy (non-hydrogen) atoms. The molecular formula is C34H48N2O5S. The highest BCUT2D eigenvalue weighted by atomic mass is 32.2. The molecule has 0 spiro atoms. The molecule has 0 aromatic heterocycles. The molecule has 2 fully saturated rings. The van der Waals surface area contributed by atoms with Crippen molar-refractivity contribution in [3.8, 4) is 11.1 Å². The molecule has 4 rings (SSSR count). The van der Waals surface area contributed by atoms with Crippen LogP contribution in [0.5, 0.6) is 0 Å². The zero-order chi connectivity index (χ0) is 29.9. The first kappa shape index (κ1) is 32.5. The molecule has 1 unspecified atom stereocenters. The summed E-state index contributed by atoms with van der Waals surface area (Å²) in [5, 5.41) is 2.94. The van der Waals surface area contributed by atoms with Gasteiger partial charge in [-0.25, -0.2) is 4.79 Å². The Morgan fingerprint density at radius 3 is 2.55 bits per heavy atom. The number of esters is 1. The second-order valence-corrected chi connectivity index (χ2v) is 12.7. The van der Waals surface area contributed by atoms with Crippen molar-refractivity contribution in [3.63, 3.8) is 0 Å². The maximum Gasteiger partial charge on any atom is 0.328 e. The molecule has 2 aliphatic rings. The lowest BCUT2D eigenvalue weighted by molar-refractivity contribution is -0.142. The number of nitrogens with one attached hydrogen (secondary N) is 1. The van der Waals surface area contributed by atoms with Crippen LogP contribution in [0.2, 0.25) is 0 Å². The number of benzene rings is 2. The summed E-state index contributed by atoms with van der Waals surface area (Å²) in [6, 6.07) is 13.8. The molecule has 2 aromatic rings. The van der Waals surface area contributed by atoms with Crippen LogP contribution in [0.4, 0.5) is 0 Å². The minimum atomic E-state index is -0.690. The maximum atomic E-state index is 13.6. The van der Waals surface area contributed by atoms with E-state index >= 15 is 0 Å². The minimum Gasteiger partial charge on any atom is -0.467 e. The van der Waals surface area contributed by atoms with Gasteiger partial charge < -0.3 is 19.5 Å². The molecule has 1 aliphatic carbocycles. The van der Waals surface area contributed by atoms with Crippen LogP contribution in [-0.4, -0.2) is 81.0 Å². The van der Waals surface area contributed by atoms with Crippen LogP contribution in [0.3, 0.4) is 0 Å². The summed E-state index contributed by atoms with van der Waals surface area (Å²) < 4.78 is 17.0. The van der Waals surface area contributed by atoms with Crippen molar-refractivity contribution in [2.45, 2.75) is 76.6 Å². The van der Waals surface area contributed by atoms with E-state index in [1.807, 2.05) is 30.5 Å². The highest BCUT2D eigenvalue weighted by Gasteiger charge is 2.33. The van der Waals surface area contributed by atoms with Gasteiger partial charge in [-0.2, -0.15) is 11.8 Å². The molecular weight excluding hydrogens is 548 g/mol. The van der Waals surface area contributed by atoms with E-state index in [1.54, 1.807) is 18.9 Å². The third kappa shape index (κ3) is 8.82. The number of hydrogen-bond donors (Lipinski definition) is 1. The Morgan fingerprint density at radius 2 is 1.83 bits per heavy atom. The lowest BCUT2D eigenvalue weighted by Gasteiger charge is -2.25. The minimum absolute atomic E-state index is 0.213. The van der Waals surface area contributed by atoms with Gasteiger partial charge in [-0.15, -0.1) is 0 Å². The fourth-order valence-corrected chi connectivity index (χ4v) is 6.80. The Labute approximate surface area is 256 Å². The molecule has 0 radical (unpaired) electrons. The first-order valence-corrected chi connectivity index (χ1v) is 16.7. The van der Waals surface area contributed by atoms with Gasteiger partial charge >= 0.3 is 5.97 Å². The molecule has 1 heterocycles. The monoisotopic (exact) mass is 596 g/mol. The highest BCUT2D eigenvalue weighted by Crippen LogP contribution is 2.31. The lowest BCUT2D eigenvalue weighted by Crippen LogP contribution is -2.42. The van der Waals surface area contributed by atoms with Gasteiger partial charge in [0.1, 0.15) is 6.04 Å². The summed E-state index contributed by atoms with van der Waals surface area (Å²) in [5.41, 5.74) is 4.64. The highest BCUT2D eigenvalue weighted by molar-refractivity contribution is 7.98. The summed E-state index contributed by atoms with van der Waals surface area (Å²) in [6.07, 6.45) is 10.3. The predicted molar refractivity (Wildman–Crippen MR) is 170 cm³/mol. The average Bonchev–Trinajstić information content (AvgIpc) is 3.39. The van der Waals surface area contributed by atoms with Crippen molar-refractivity contribution in [2.75, 3.05) is 46.0 Å². The summed E-state index contributed by atoms with van der Waals surface area (Å²) in [7, 11) is 3.12. The second kappa shape index (κ2) is 16.5. The number of amides is 1. The van der Waals surface area contributed by atoms with Crippen molar-refractivity contribution >= 4 is 23.6 Å². The Bertz CT molecular complexity index is 1170. The summed E-state index contributed by atoms with van der Waals surface area (Å²) >= 11 is 1.63. The molecule has 8 heteroatoms. The summed E-state index contributed by atoms with van der Waals surface area (Å²) in [5.74, 6) is 0.743. The van der Waals surface area contributed by atoms with Gasteiger partial charge in [0.05, 0.1) is 19.8 Å². The van der Waals surface area contributed by atoms with Crippen LogP contribution in [-0.2, 0) is 25.5 Å². The molecule has 0 bridgehead atoms. The van der Waals surface area contributed by atoms with E-state index in [0.29, 0.717) is 24.5 Å². The van der Waals surface area contributed by atoms with Crippen molar-refractivity contribution < 1.29 is 23.8 Å². The first-order chi connectivity index (χ1) is 20.4. The molecule has 1 amide bonds. The van der Waals surface area contributed by atoms with Gasteiger partial charge in [-0.05, 0) is 84.9 Å². The number of carbonyl (C=O) groups is 2. The van der Waals surface area contributed by atoms with E-state index in [0.717, 1.165) is 54.1 Å². The molecule has 1 aliphatic heterocycles. The molecule has 1 N–H and O–H groups in total. The number of thioether (sulfide) groups is 1. The van der Waals surface area contributed by atoms with Gasteiger partial charge in [0.15, 0.2) is 0 Å². The topological polar surface area (TPSA) is 77.1 Å². The van der Waals surface area contributed by atoms with Crippen molar-refractivity contribution in [1.29, 1.82) is 0 Å². The smallest absolute Gasteiger partial charge is 0.328 e. The number of carbonyl (C=O) groups excluding carboxylic acids is 2. The van der Waals surface area contributed by atoms with Gasteiger partial charge in [-0.3, -0.25) is 9.69 Å². The average molecular weight is 597 g/mol. The van der Waals surface area contributed by atoms with E-state index in [4.69, 9.17) is 14.2 Å². The summed E-state index contributed by atoms with van der Waals surface area (Å²) in [4.78, 5) is 28.5. The lowest BCUT2D eigenvalue weighted by atomic mass is 9.90. The number of aryl methyl sites for hydroxylation is 1. The van der Waals surface area contributed by atoms with E-state index in [2.05, 4.69) is 35.3 Å². The SMILES string of the molecule is COC[C@@H]1CC(OCC2CCCCC2)CN1Cc1ccc(C(=O)N[C@@H](CCSC)C(=O)OC)c(-c2ccccc2C)c1. The van der Waals surface area contributed by atoms with E-state index in [9.17, 15) is 9.59 Å². The van der Waals surface area contributed by atoms with Crippen LogP contribution in [0.1, 0.15) is 66.4 Å². The standard InChI is InChI=1S/C34H48N2O5S/c1-24-10-8-9-13-29(24)31-18-26(14-15-30(31)33(37)35-32(16-17-42-4)34(38)40-3)20-36-21-28(19-27(36)23-39-2)41-22-25-11-6-5-7-12-25/h8-10,13-15,18,25,27-28,32H,5-7,11-12,16-17,19-23H2,1-4H3,(H,35,37)/t27-,28?,32-/m0/s1. The van der Waals surface area contributed by atoms with Crippen LogP contribution in [0, 0.1) is 12.8 Å². The van der Waals surface area contributed by atoms with E-state index in [1.165, 1.54) is 39.2 Å². The van der Waals surface area contributed by atoms with Crippen LogP contribution >= 0.6 is 11.8 Å². The molecule has 230 valence electrons. The number of rotatable bonds is 14. The van der Waals surface area contributed by atoms with Crippen molar-refractivity contribution in [3.05, 3.63) is 59.2 Å². The fraction of sp³-hybridized carbons (Fsp3) is 0.588. The Hall–Kier alpha value is -2.39. The number of nitrogens with zero attached hydrogens (tertiary/aromatic N) is 1. The Morgan fingerprint density at radius 1 is 1.05 bits per heavy atom. The van der Waals surface area contributed by atoms with Crippen LogP contribution < -0.4 is 5.32 Å². The molecule has 3 atom stereocenters. The maximum absolute atomic E-state index is 13.6. The summed E-state index contributed by atoms with van der Waals surface area (Å²) in [6.45, 7) is 5.21. The van der Waals surface area contributed by atoms with Gasteiger partial charge in [0.25, 0.3) is 5.91 Å². The third-order valence-corrected chi connectivity index (χ3v) is 9.34. The fourth-order valence-electron chi connectivity index (χ4n) is 6.33. The van der Waals surface area contributed by atoms with Crippen molar-refractivity contribution in [1.82, 2.24) is 10.2 Å². The zero-order valence-corrected chi connectivity index (χ0v) is 26.5. The molecule has 1 saturated carbocycles. The second-order valence-electron chi connectivity index (χ2n) is 11.8. The molecule has 1 saturated heterocycles. The number of methoxy groups -OCH3 is 2. The van der Waals surface area contributed by atoms with Gasteiger partial charge in [0.2, 0.25) is 0 Å². The molecule has 7 nitrogen and oxygen atoms in total. The van der Waals surface area contributed by atoms with Crippen LogP contribution in [0.25, 0.3) is 11.1 Å². The van der Waals surface area contributed by atoms with Gasteiger partial charge in [0, 0.05) is 38.4 Å². The third-order valence-electron chi connectivity index (χ3n) is 8.69. The first-order valence-electron chi connectivity index (χ1n) is 15.3. The quantitative estimate of drug-likeness (QED) is 0.273. The predicted octanol–water partition coefficient (Wildman–Crippen LogP) is 5.87.